The van der Waals surface area contributed by atoms with Crippen molar-refractivity contribution in [1.82, 2.24) is 9.88 Å². The molecule has 1 saturated carbocycles. The van der Waals surface area contributed by atoms with E-state index in [0.29, 0.717) is 19.0 Å². The number of nitrogens with zero attached hydrogens (tertiary/aromatic N) is 2. The number of carboxylic acids is 1. The monoisotopic (exact) mass is 276 g/mol. The summed E-state index contributed by atoms with van der Waals surface area (Å²) in [6, 6.07) is 5.84. The van der Waals surface area contributed by atoms with Crippen molar-refractivity contribution in [3.05, 3.63) is 30.1 Å². The number of pyridine rings is 1. The Bertz CT molecular complexity index is 439. The van der Waals surface area contributed by atoms with Crippen molar-refractivity contribution in [2.24, 2.45) is 11.3 Å². The molecule has 4 nitrogen and oxygen atoms in total. The normalized spacial score (nSPS) is 26.6. The maximum Gasteiger partial charge on any atom is 0.310 e. The molecule has 0 bridgehead atoms. The molecule has 4 heteroatoms. The highest BCUT2D eigenvalue weighted by Crippen LogP contribution is 2.39. The third-order valence-electron chi connectivity index (χ3n) is 4.42. The van der Waals surface area contributed by atoms with E-state index >= 15 is 0 Å². The second kappa shape index (κ2) is 6.35. The van der Waals surface area contributed by atoms with E-state index in [9.17, 15) is 9.90 Å². The number of aromatic nitrogens is 1. The molecule has 1 aromatic heterocycles. The van der Waals surface area contributed by atoms with Crippen LogP contribution in [0.5, 0.6) is 0 Å². The van der Waals surface area contributed by atoms with Crippen molar-refractivity contribution in [2.45, 2.75) is 39.2 Å². The largest absolute Gasteiger partial charge is 0.481 e. The van der Waals surface area contributed by atoms with Crippen molar-refractivity contribution < 1.29 is 9.90 Å². The summed E-state index contributed by atoms with van der Waals surface area (Å²) >= 11 is 0. The number of carboxylic acid groups (broad SMARTS) is 1. The fourth-order valence-corrected chi connectivity index (χ4v) is 3.10. The van der Waals surface area contributed by atoms with Crippen LogP contribution in [0.4, 0.5) is 0 Å². The topological polar surface area (TPSA) is 53.4 Å². The van der Waals surface area contributed by atoms with Crippen LogP contribution in [0.3, 0.4) is 0 Å². The first-order chi connectivity index (χ1) is 9.52. The molecule has 2 rings (SSSR count). The predicted octanol–water partition coefficient (Wildman–Crippen LogP) is 2.79. The zero-order valence-corrected chi connectivity index (χ0v) is 12.4. The molecule has 1 fully saturated rings. The fourth-order valence-electron chi connectivity index (χ4n) is 3.10. The summed E-state index contributed by atoms with van der Waals surface area (Å²) in [5, 5.41) is 9.65. The molecular formula is C16H24N2O2. The second-order valence-corrected chi connectivity index (χ2v) is 6.26. The first-order valence-electron chi connectivity index (χ1n) is 7.34. The minimum atomic E-state index is -0.641. The molecule has 1 aliphatic rings. The SMILES string of the molecule is CC1CCC(CN(C)Cc2ccccn2)(C(=O)O)CC1. The lowest BCUT2D eigenvalue weighted by Crippen LogP contribution is -2.44. The zero-order chi connectivity index (χ0) is 14.6. The van der Waals surface area contributed by atoms with E-state index < -0.39 is 11.4 Å². The third-order valence-corrected chi connectivity index (χ3v) is 4.42. The number of aliphatic carboxylic acids is 1. The Labute approximate surface area is 120 Å². The van der Waals surface area contributed by atoms with Gasteiger partial charge in [-0.05, 0) is 50.8 Å². The van der Waals surface area contributed by atoms with E-state index in [1.165, 1.54) is 0 Å². The summed E-state index contributed by atoms with van der Waals surface area (Å²) in [5.74, 6) is 0.0147. The van der Waals surface area contributed by atoms with Crippen molar-refractivity contribution >= 4 is 5.97 Å². The number of rotatable bonds is 5. The molecule has 1 N–H and O–H groups in total. The molecule has 0 atom stereocenters. The highest BCUT2D eigenvalue weighted by atomic mass is 16.4. The predicted molar refractivity (Wildman–Crippen MR) is 78.3 cm³/mol. The molecule has 1 aliphatic carbocycles. The summed E-state index contributed by atoms with van der Waals surface area (Å²) in [6.45, 7) is 3.51. The Hall–Kier alpha value is -1.42. The van der Waals surface area contributed by atoms with Gasteiger partial charge in [0.05, 0.1) is 11.1 Å². The first-order valence-corrected chi connectivity index (χ1v) is 7.34. The van der Waals surface area contributed by atoms with Crippen LogP contribution in [0.15, 0.2) is 24.4 Å². The third kappa shape index (κ3) is 3.57. The molecule has 0 radical (unpaired) electrons. The molecule has 0 aliphatic heterocycles. The summed E-state index contributed by atoms with van der Waals surface area (Å²) < 4.78 is 0. The highest BCUT2D eigenvalue weighted by molar-refractivity contribution is 5.75. The van der Waals surface area contributed by atoms with Crippen LogP contribution < -0.4 is 0 Å². The van der Waals surface area contributed by atoms with E-state index in [1.807, 2.05) is 25.2 Å². The van der Waals surface area contributed by atoms with Gasteiger partial charge in [0.1, 0.15) is 0 Å². The molecule has 110 valence electrons. The van der Waals surface area contributed by atoms with Gasteiger partial charge in [-0.3, -0.25) is 14.7 Å². The van der Waals surface area contributed by atoms with Crippen LogP contribution in [0.1, 0.15) is 38.3 Å². The number of hydrogen-bond donors (Lipinski definition) is 1. The molecule has 20 heavy (non-hydrogen) atoms. The van der Waals surface area contributed by atoms with E-state index in [4.69, 9.17) is 0 Å². The molecule has 0 saturated heterocycles. The molecule has 0 aromatic carbocycles. The molecule has 1 heterocycles. The van der Waals surface area contributed by atoms with Crippen LogP contribution in [0.2, 0.25) is 0 Å². The zero-order valence-electron chi connectivity index (χ0n) is 12.4. The van der Waals surface area contributed by atoms with Crippen molar-refractivity contribution in [1.29, 1.82) is 0 Å². The Morgan fingerprint density at radius 2 is 2.15 bits per heavy atom. The van der Waals surface area contributed by atoms with Gasteiger partial charge in [0.15, 0.2) is 0 Å². The standard InChI is InChI=1S/C16H24N2O2/c1-13-6-8-16(9-7-13,15(19)20)12-18(2)11-14-5-3-4-10-17-14/h3-5,10,13H,6-9,11-12H2,1-2H3,(H,19,20). The quantitative estimate of drug-likeness (QED) is 0.898. The average Bonchev–Trinajstić information content (AvgIpc) is 2.42. The van der Waals surface area contributed by atoms with Gasteiger partial charge in [-0.2, -0.15) is 0 Å². The van der Waals surface area contributed by atoms with Crippen LogP contribution in [-0.2, 0) is 11.3 Å². The van der Waals surface area contributed by atoms with E-state index in [1.54, 1.807) is 6.20 Å². The number of hydrogen-bond acceptors (Lipinski definition) is 3. The summed E-state index contributed by atoms with van der Waals surface area (Å²) in [4.78, 5) is 18.1. The fraction of sp³-hybridized carbons (Fsp3) is 0.625. The van der Waals surface area contributed by atoms with Gasteiger partial charge in [-0.1, -0.05) is 13.0 Å². The van der Waals surface area contributed by atoms with E-state index in [0.717, 1.165) is 31.4 Å². The first kappa shape index (κ1) is 15.0. The van der Waals surface area contributed by atoms with Gasteiger partial charge in [0, 0.05) is 19.3 Å². The average molecular weight is 276 g/mol. The van der Waals surface area contributed by atoms with Crippen LogP contribution in [-0.4, -0.2) is 34.6 Å². The van der Waals surface area contributed by atoms with Crippen LogP contribution in [0.25, 0.3) is 0 Å². The smallest absolute Gasteiger partial charge is 0.310 e. The lowest BCUT2D eigenvalue weighted by molar-refractivity contribution is -0.153. The molecule has 0 spiro atoms. The van der Waals surface area contributed by atoms with Crippen molar-refractivity contribution in [3.8, 4) is 0 Å². The van der Waals surface area contributed by atoms with Crippen LogP contribution in [0, 0.1) is 11.3 Å². The summed E-state index contributed by atoms with van der Waals surface area (Å²) in [5.41, 5.74) is 0.412. The van der Waals surface area contributed by atoms with Gasteiger partial charge < -0.3 is 5.11 Å². The molecule has 1 aromatic rings. The summed E-state index contributed by atoms with van der Waals surface area (Å²) in [6.07, 6.45) is 5.39. The molecular weight excluding hydrogens is 252 g/mol. The van der Waals surface area contributed by atoms with Crippen LogP contribution >= 0.6 is 0 Å². The number of carbonyl (C=O) groups is 1. The molecule has 0 amide bonds. The summed E-state index contributed by atoms with van der Waals surface area (Å²) in [7, 11) is 1.98. The minimum absolute atomic E-state index is 0.573. The Morgan fingerprint density at radius 1 is 1.45 bits per heavy atom. The molecule has 0 unspecified atom stereocenters. The Kier molecular flexibility index (Phi) is 4.76. The van der Waals surface area contributed by atoms with Gasteiger partial charge in [0.25, 0.3) is 0 Å². The van der Waals surface area contributed by atoms with Crippen molar-refractivity contribution in [2.75, 3.05) is 13.6 Å². The van der Waals surface area contributed by atoms with E-state index in [-0.39, 0.29) is 0 Å². The highest BCUT2D eigenvalue weighted by Gasteiger charge is 2.41. The van der Waals surface area contributed by atoms with Gasteiger partial charge in [-0.15, -0.1) is 0 Å². The lowest BCUT2D eigenvalue weighted by Gasteiger charge is -2.38. The van der Waals surface area contributed by atoms with Gasteiger partial charge in [0.2, 0.25) is 0 Å². The minimum Gasteiger partial charge on any atom is -0.481 e. The van der Waals surface area contributed by atoms with Gasteiger partial charge >= 0.3 is 5.97 Å². The lowest BCUT2D eigenvalue weighted by atomic mass is 9.70. The Morgan fingerprint density at radius 3 is 2.70 bits per heavy atom. The van der Waals surface area contributed by atoms with E-state index in [2.05, 4.69) is 16.8 Å². The maximum atomic E-state index is 11.7. The second-order valence-electron chi connectivity index (χ2n) is 6.26. The maximum absolute atomic E-state index is 11.7. The van der Waals surface area contributed by atoms with Gasteiger partial charge in [-0.25, -0.2) is 0 Å². The Balaban J connectivity index is 1.99. The van der Waals surface area contributed by atoms with Crippen molar-refractivity contribution in [3.63, 3.8) is 0 Å².